The number of nitrogens with zero attached hydrogens (tertiary/aromatic N) is 2. The minimum Gasteiger partial charge on any atom is -0.443 e. The Morgan fingerprint density at radius 2 is 2.05 bits per heavy atom. The van der Waals surface area contributed by atoms with Crippen LogP contribution in [0.2, 0.25) is 0 Å². The molecule has 0 unspecified atom stereocenters. The van der Waals surface area contributed by atoms with E-state index in [1.165, 1.54) is 12.1 Å². The van der Waals surface area contributed by atoms with Crippen LogP contribution < -0.4 is 5.56 Å². The Kier molecular flexibility index (Phi) is 3.80. The molecular weight excluding hydrogens is 275 g/mol. The number of aromatic nitrogens is 2. The van der Waals surface area contributed by atoms with Crippen molar-refractivity contribution in [3.8, 4) is 0 Å². The van der Waals surface area contributed by atoms with Gasteiger partial charge >= 0.3 is 6.09 Å². The molecule has 1 heterocycles. The summed E-state index contributed by atoms with van der Waals surface area (Å²) in [7, 11) is 0. The van der Waals surface area contributed by atoms with Gasteiger partial charge in [0.2, 0.25) is 0 Å². The Morgan fingerprint density at radius 1 is 1.38 bits per heavy atom. The van der Waals surface area contributed by atoms with Crippen molar-refractivity contribution in [2.75, 3.05) is 0 Å². The molecule has 1 aromatic heterocycles. The summed E-state index contributed by atoms with van der Waals surface area (Å²) in [5, 5.41) is 0.196. The molecule has 2 rings (SSSR count). The van der Waals surface area contributed by atoms with Crippen LogP contribution in [0.15, 0.2) is 23.3 Å². The number of ether oxygens (including phenoxy) is 1. The van der Waals surface area contributed by atoms with Gasteiger partial charge in [0, 0.05) is 6.07 Å². The number of rotatable bonds is 1. The number of hydrogen-bond acceptors (Lipinski definition) is 4. The topological polar surface area (TPSA) is 61.2 Å². The molecule has 0 aliphatic heterocycles. The summed E-state index contributed by atoms with van der Waals surface area (Å²) >= 11 is 0. The van der Waals surface area contributed by atoms with Crippen molar-refractivity contribution in [3.63, 3.8) is 0 Å². The highest BCUT2D eigenvalue weighted by molar-refractivity contribution is 5.81. The largest absolute Gasteiger partial charge is 0.443 e. The van der Waals surface area contributed by atoms with Crippen LogP contribution in [0.1, 0.15) is 33.3 Å². The van der Waals surface area contributed by atoms with Crippen LogP contribution in [0, 0.1) is 5.82 Å². The first-order valence-electron chi connectivity index (χ1n) is 6.66. The molecule has 112 valence electrons. The highest BCUT2D eigenvalue weighted by Crippen LogP contribution is 2.15. The van der Waals surface area contributed by atoms with E-state index in [2.05, 4.69) is 4.98 Å². The molecule has 6 heteroatoms. The van der Waals surface area contributed by atoms with Gasteiger partial charge in [0.25, 0.3) is 5.56 Å². The van der Waals surface area contributed by atoms with E-state index in [1.54, 1.807) is 27.7 Å². The molecule has 0 radical (unpaired) electrons. The van der Waals surface area contributed by atoms with E-state index in [0.29, 0.717) is 12.0 Å². The lowest BCUT2D eigenvalue weighted by molar-refractivity contribution is 0.0530. The Hall–Kier alpha value is -2.24. The van der Waals surface area contributed by atoms with E-state index < -0.39 is 23.1 Å². The zero-order valence-corrected chi connectivity index (χ0v) is 12.4. The van der Waals surface area contributed by atoms with Gasteiger partial charge in [-0.2, -0.15) is 0 Å². The molecule has 0 N–H and O–H groups in total. The Balaban J connectivity index is 2.58. The smallest absolute Gasteiger partial charge is 0.422 e. The molecule has 5 nitrogen and oxygen atoms in total. The highest BCUT2D eigenvalue weighted by Gasteiger charge is 2.20. The maximum Gasteiger partial charge on any atom is 0.422 e. The van der Waals surface area contributed by atoms with E-state index >= 15 is 0 Å². The van der Waals surface area contributed by atoms with Gasteiger partial charge in [0.1, 0.15) is 17.7 Å². The monoisotopic (exact) mass is 292 g/mol. The Morgan fingerprint density at radius 3 is 2.62 bits per heavy atom. The molecule has 0 atom stereocenters. The first-order valence-corrected chi connectivity index (χ1v) is 6.66. The average Bonchev–Trinajstić information content (AvgIpc) is 2.36. The van der Waals surface area contributed by atoms with Gasteiger partial charge in [-0.3, -0.25) is 4.79 Å². The second kappa shape index (κ2) is 5.27. The van der Waals surface area contributed by atoms with Gasteiger partial charge < -0.3 is 4.74 Å². The van der Waals surface area contributed by atoms with Crippen LogP contribution in [0.25, 0.3) is 10.9 Å². The number of hydrogen-bond donors (Lipinski definition) is 0. The van der Waals surface area contributed by atoms with Crippen molar-refractivity contribution in [2.45, 2.75) is 39.7 Å². The SMILES string of the molecule is CCc1cc2c(=O)n(C(=O)OC(C)(C)C)cnc2cc1F. The molecule has 0 aliphatic rings. The third-order valence-corrected chi connectivity index (χ3v) is 2.90. The fraction of sp³-hybridized carbons (Fsp3) is 0.400. The molecule has 2 aromatic rings. The number of carbonyl (C=O) groups excluding carboxylic acids is 1. The second-order valence-corrected chi connectivity index (χ2v) is 5.71. The summed E-state index contributed by atoms with van der Waals surface area (Å²) in [5.74, 6) is -0.410. The molecular formula is C15H17FN2O3. The van der Waals surface area contributed by atoms with Gasteiger partial charge in [-0.1, -0.05) is 6.92 Å². The lowest BCUT2D eigenvalue weighted by Crippen LogP contribution is -2.33. The maximum absolute atomic E-state index is 13.7. The zero-order valence-electron chi connectivity index (χ0n) is 12.4. The molecule has 1 aromatic carbocycles. The van der Waals surface area contributed by atoms with Gasteiger partial charge in [-0.05, 0) is 38.8 Å². The molecule has 0 aliphatic carbocycles. The molecule has 0 amide bonds. The zero-order chi connectivity index (χ0) is 15.8. The second-order valence-electron chi connectivity index (χ2n) is 5.71. The number of fused-ring (bicyclic) bond motifs is 1. The van der Waals surface area contributed by atoms with Gasteiger partial charge in [-0.15, -0.1) is 0 Å². The minimum absolute atomic E-state index is 0.196. The van der Waals surface area contributed by atoms with Crippen LogP contribution in [0.5, 0.6) is 0 Å². The number of carbonyl (C=O) groups is 1. The van der Waals surface area contributed by atoms with Gasteiger partial charge in [0.05, 0.1) is 10.9 Å². The minimum atomic E-state index is -0.802. The fourth-order valence-corrected chi connectivity index (χ4v) is 1.90. The fourth-order valence-electron chi connectivity index (χ4n) is 1.90. The summed E-state index contributed by atoms with van der Waals surface area (Å²) in [6, 6.07) is 2.63. The Bertz CT molecular complexity index is 760. The van der Waals surface area contributed by atoms with Crippen LogP contribution in [-0.4, -0.2) is 21.2 Å². The summed E-state index contributed by atoms with van der Waals surface area (Å²) in [6.07, 6.45) is 0.705. The molecule has 21 heavy (non-hydrogen) atoms. The first-order chi connectivity index (χ1) is 9.73. The summed E-state index contributed by atoms with van der Waals surface area (Å²) in [5.41, 5.74) is -0.662. The summed E-state index contributed by atoms with van der Waals surface area (Å²) < 4.78 is 19.6. The standard InChI is InChI=1S/C15H17FN2O3/c1-5-9-6-10-12(7-11(9)16)17-8-18(13(10)19)14(20)21-15(2,3)4/h6-8H,5H2,1-4H3. The van der Waals surface area contributed by atoms with E-state index in [1.807, 2.05) is 0 Å². The highest BCUT2D eigenvalue weighted by atomic mass is 19.1. The number of benzene rings is 1. The molecule has 0 spiro atoms. The van der Waals surface area contributed by atoms with E-state index in [4.69, 9.17) is 4.74 Å². The van der Waals surface area contributed by atoms with Crippen molar-refractivity contribution >= 4 is 17.0 Å². The van der Waals surface area contributed by atoms with Crippen molar-refractivity contribution in [1.82, 2.24) is 9.55 Å². The van der Waals surface area contributed by atoms with E-state index in [9.17, 15) is 14.0 Å². The maximum atomic E-state index is 13.7. The van der Waals surface area contributed by atoms with Crippen molar-refractivity contribution in [3.05, 3.63) is 40.2 Å². The predicted octanol–water partition coefficient (Wildman–Crippen LogP) is 2.88. The Labute approximate surface area is 121 Å². The molecule has 0 saturated heterocycles. The number of halogens is 1. The van der Waals surface area contributed by atoms with Gasteiger partial charge in [0.15, 0.2) is 0 Å². The van der Waals surface area contributed by atoms with Crippen LogP contribution in [0.4, 0.5) is 9.18 Å². The third kappa shape index (κ3) is 3.09. The van der Waals surface area contributed by atoms with Crippen LogP contribution in [-0.2, 0) is 11.2 Å². The normalized spacial score (nSPS) is 11.7. The van der Waals surface area contributed by atoms with E-state index in [-0.39, 0.29) is 10.9 Å². The summed E-state index contributed by atoms with van der Waals surface area (Å²) in [6.45, 7) is 6.89. The third-order valence-electron chi connectivity index (χ3n) is 2.90. The predicted molar refractivity (Wildman–Crippen MR) is 77.0 cm³/mol. The first kappa shape index (κ1) is 15.2. The van der Waals surface area contributed by atoms with E-state index in [0.717, 1.165) is 10.9 Å². The average molecular weight is 292 g/mol. The van der Waals surface area contributed by atoms with Crippen molar-refractivity contribution in [2.24, 2.45) is 0 Å². The molecule has 0 saturated carbocycles. The molecule has 0 fully saturated rings. The van der Waals surface area contributed by atoms with Crippen molar-refractivity contribution in [1.29, 1.82) is 0 Å². The summed E-state index contributed by atoms with van der Waals surface area (Å²) in [4.78, 5) is 28.3. The number of aryl methyl sites for hydroxylation is 1. The quantitative estimate of drug-likeness (QED) is 0.811. The van der Waals surface area contributed by atoms with Crippen molar-refractivity contribution < 1.29 is 13.9 Å². The lowest BCUT2D eigenvalue weighted by atomic mass is 10.1. The molecule has 0 bridgehead atoms. The van der Waals surface area contributed by atoms with Crippen LogP contribution >= 0.6 is 0 Å². The lowest BCUT2D eigenvalue weighted by Gasteiger charge is -2.19. The van der Waals surface area contributed by atoms with Gasteiger partial charge in [-0.25, -0.2) is 18.7 Å². The van der Waals surface area contributed by atoms with Crippen LogP contribution in [0.3, 0.4) is 0 Å².